The number of methoxy groups -OCH3 is 1. The molecule has 1 aromatic heterocycles. The highest BCUT2D eigenvalue weighted by Crippen LogP contribution is 2.26. The van der Waals surface area contributed by atoms with Crippen molar-refractivity contribution in [2.75, 3.05) is 12.8 Å². The van der Waals surface area contributed by atoms with Crippen LogP contribution in [0.25, 0.3) is 10.9 Å². The summed E-state index contributed by atoms with van der Waals surface area (Å²) >= 11 is 6.04. The van der Waals surface area contributed by atoms with Crippen molar-refractivity contribution >= 4 is 28.2 Å². The van der Waals surface area contributed by atoms with Crippen LogP contribution in [-0.4, -0.2) is 12.1 Å². The van der Waals surface area contributed by atoms with Crippen LogP contribution in [-0.2, 0) is 11.3 Å². The lowest BCUT2D eigenvalue weighted by molar-refractivity contribution is 0.182. The van der Waals surface area contributed by atoms with Gasteiger partial charge in [-0.1, -0.05) is 23.7 Å². The summed E-state index contributed by atoms with van der Waals surface area (Å²) < 4.78 is 5.01. The lowest BCUT2D eigenvalue weighted by Crippen LogP contribution is -1.97. The number of nitrogens with zero attached hydrogens (tertiary/aromatic N) is 1. The first-order chi connectivity index (χ1) is 7.22. The number of aromatic nitrogens is 1. The molecule has 0 amide bonds. The molecule has 4 heteroatoms. The highest BCUT2D eigenvalue weighted by molar-refractivity contribution is 6.35. The van der Waals surface area contributed by atoms with E-state index in [9.17, 15) is 0 Å². The van der Waals surface area contributed by atoms with Crippen LogP contribution in [0, 0.1) is 0 Å². The molecule has 0 aliphatic heterocycles. The topological polar surface area (TPSA) is 48.1 Å². The molecule has 0 saturated carbocycles. The Hall–Kier alpha value is -1.32. The fraction of sp³-hybridized carbons (Fsp3) is 0.182. The predicted octanol–water partition coefficient (Wildman–Crippen LogP) is 2.62. The second kappa shape index (κ2) is 4.04. The number of hydrogen-bond acceptors (Lipinski definition) is 3. The Morgan fingerprint density at radius 3 is 3.00 bits per heavy atom. The van der Waals surface area contributed by atoms with Gasteiger partial charge in [0.25, 0.3) is 0 Å². The standard InChI is InChI=1S/C11H11ClN2O/c1-15-6-7-5-10(13)8-3-2-4-9(12)11(8)14-7/h2-5H,6H2,1H3,(H2,13,14). The molecule has 2 N–H and O–H groups in total. The van der Waals surface area contributed by atoms with Gasteiger partial charge in [0, 0.05) is 18.2 Å². The SMILES string of the molecule is COCc1cc(N)c2cccc(Cl)c2n1. The summed E-state index contributed by atoms with van der Waals surface area (Å²) in [5, 5.41) is 1.49. The fourth-order valence-electron chi connectivity index (χ4n) is 1.52. The number of halogens is 1. The smallest absolute Gasteiger partial charge is 0.0913 e. The van der Waals surface area contributed by atoms with Gasteiger partial charge in [-0.25, -0.2) is 4.98 Å². The van der Waals surface area contributed by atoms with E-state index in [4.69, 9.17) is 22.1 Å². The zero-order chi connectivity index (χ0) is 10.8. The minimum atomic E-state index is 0.436. The summed E-state index contributed by atoms with van der Waals surface area (Å²) in [5.74, 6) is 0. The molecular weight excluding hydrogens is 212 g/mol. The van der Waals surface area contributed by atoms with E-state index in [0.717, 1.165) is 16.6 Å². The molecule has 1 heterocycles. The average molecular weight is 223 g/mol. The van der Waals surface area contributed by atoms with Crippen molar-refractivity contribution < 1.29 is 4.74 Å². The molecular formula is C11H11ClN2O. The van der Waals surface area contributed by atoms with Gasteiger partial charge in [0.15, 0.2) is 0 Å². The van der Waals surface area contributed by atoms with Crippen LogP contribution in [0.1, 0.15) is 5.69 Å². The summed E-state index contributed by atoms with van der Waals surface area (Å²) in [7, 11) is 1.62. The Labute approximate surface area is 92.8 Å². The highest BCUT2D eigenvalue weighted by atomic mass is 35.5. The monoisotopic (exact) mass is 222 g/mol. The van der Waals surface area contributed by atoms with E-state index in [1.165, 1.54) is 0 Å². The van der Waals surface area contributed by atoms with E-state index in [0.29, 0.717) is 17.3 Å². The van der Waals surface area contributed by atoms with Gasteiger partial charge in [-0.3, -0.25) is 0 Å². The van der Waals surface area contributed by atoms with Gasteiger partial charge >= 0.3 is 0 Å². The van der Waals surface area contributed by atoms with E-state index in [2.05, 4.69) is 4.98 Å². The molecule has 0 bridgehead atoms. The van der Waals surface area contributed by atoms with Gasteiger partial charge in [-0.15, -0.1) is 0 Å². The lowest BCUT2D eigenvalue weighted by Gasteiger charge is -2.06. The van der Waals surface area contributed by atoms with Crippen molar-refractivity contribution in [3.8, 4) is 0 Å². The van der Waals surface area contributed by atoms with Crippen LogP contribution in [0.5, 0.6) is 0 Å². The normalized spacial score (nSPS) is 10.8. The van der Waals surface area contributed by atoms with Crippen LogP contribution in [0.2, 0.25) is 5.02 Å². The van der Waals surface area contributed by atoms with Gasteiger partial charge in [-0.2, -0.15) is 0 Å². The van der Waals surface area contributed by atoms with Crippen molar-refractivity contribution in [2.24, 2.45) is 0 Å². The first kappa shape index (κ1) is 10.2. The highest BCUT2D eigenvalue weighted by Gasteiger charge is 2.05. The van der Waals surface area contributed by atoms with E-state index in [1.54, 1.807) is 13.2 Å². The zero-order valence-corrected chi connectivity index (χ0v) is 9.08. The molecule has 0 radical (unpaired) electrons. The molecule has 0 spiro atoms. The fourth-order valence-corrected chi connectivity index (χ4v) is 1.73. The van der Waals surface area contributed by atoms with Gasteiger partial charge in [0.1, 0.15) is 0 Å². The van der Waals surface area contributed by atoms with Crippen molar-refractivity contribution in [2.45, 2.75) is 6.61 Å². The quantitative estimate of drug-likeness (QED) is 0.850. The maximum absolute atomic E-state index is 6.04. The van der Waals surface area contributed by atoms with Crippen LogP contribution < -0.4 is 5.73 Å². The number of pyridine rings is 1. The molecule has 78 valence electrons. The Morgan fingerprint density at radius 2 is 2.27 bits per heavy atom. The molecule has 0 aliphatic rings. The maximum Gasteiger partial charge on any atom is 0.0913 e. The van der Waals surface area contributed by atoms with E-state index in [1.807, 2.05) is 18.2 Å². The first-order valence-corrected chi connectivity index (χ1v) is 4.92. The van der Waals surface area contributed by atoms with Crippen LogP contribution in [0.3, 0.4) is 0 Å². The Bertz CT molecular complexity index is 499. The second-order valence-electron chi connectivity index (χ2n) is 3.27. The van der Waals surface area contributed by atoms with Crippen LogP contribution in [0.4, 0.5) is 5.69 Å². The number of nitrogens with two attached hydrogens (primary N) is 1. The molecule has 0 unspecified atom stereocenters. The predicted molar refractivity (Wildman–Crippen MR) is 61.9 cm³/mol. The minimum Gasteiger partial charge on any atom is -0.398 e. The third-order valence-corrected chi connectivity index (χ3v) is 2.47. The number of anilines is 1. The zero-order valence-electron chi connectivity index (χ0n) is 8.33. The van der Waals surface area contributed by atoms with Crippen LogP contribution >= 0.6 is 11.6 Å². The molecule has 0 fully saturated rings. The van der Waals surface area contributed by atoms with Gasteiger partial charge in [-0.05, 0) is 12.1 Å². The van der Waals surface area contributed by atoms with E-state index >= 15 is 0 Å². The lowest BCUT2D eigenvalue weighted by atomic mass is 10.1. The van der Waals surface area contributed by atoms with E-state index < -0.39 is 0 Å². The third kappa shape index (κ3) is 1.89. The number of benzene rings is 1. The summed E-state index contributed by atoms with van der Waals surface area (Å²) in [6, 6.07) is 7.37. The summed E-state index contributed by atoms with van der Waals surface area (Å²) in [5.41, 5.74) is 8.09. The average Bonchev–Trinajstić information content (AvgIpc) is 2.20. The van der Waals surface area contributed by atoms with Gasteiger partial charge < -0.3 is 10.5 Å². The first-order valence-electron chi connectivity index (χ1n) is 4.55. The van der Waals surface area contributed by atoms with Crippen molar-refractivity contribution in [3.05, 3.63) is 35.0 Å². The Morgan fingerprint density at radius 1 is 1.47 bits per heavy atom. The summed E-state index contributed by atoms with van der Waals surface area (Å²) in [4.78, 5) is 4.39. The third-order valence-electron chi connectivity index (χ3n) is 2.17. The molecule has 2 rings (SSSR count). The maximum atomic E-state index is 6.04. The Balaban J connectivity index is 2.68. The summed E-state index contributed by atoms with van der Waals surface area (Å²) in [6.07, 6.45) is 0. The Kier molecular flexibility index (Phi) is 2.75. The molecule has 3 nitrogen and oxygen atoms in total. The van der Waals surface area contributed by atoms with Crippen molar-refractivity contribution in [1.82, 2.24) is 4.98 Å². The molecule has 0 aliphatic carbocycles. The van der Waals surface area contributed by atoms with Crippen molar-refractivity contribution in [1.29, 1.82) is 0 Å². The minimum absolute atomic E-state index is 0.436. The van der Waals surface area contributed by atoms with Crippen molar-refractivity contribution in [3.63, 3.8) is 0 Å². The molecule has 0 atom stereocenters. The number of rotatable bonds is 2. The number of fused-ring (bicyclic) bond motifs is 1. The number of nitrogen functional groups attached to an aromatic ring is 1. The van der Waals surface area contributed by atoms with Gasteiger partial charge in [0.05, 0.1) is 22.8 Å². The number of ether oxygens (including phenoxy) is 1. The largest absolute Gasteiger partial charge is 0.398 e. The molecule has 0 saturated heterocycles. The van der Waals surface area contributed by atoms with Crippen LogP contribution in [0.15, 0.2) is 24.3 Å². The van der Waals surface area contributed by atoms with E-state index in [-0.39, 0.29) is 0 Å². The second-order valence-corrected chi connectivity index (χ2v) is 3.68. The molecule has 1 aromatic carbocycles. The number of para-hydroxylation sites is 1. The number of hydrogen-bond donors (Lipinski definition) is 1. The molecule has 2 aromatic rings. The summed E-state index contributed by atoms with van der Waals surface area (Å²) in [6.45, 7) is 0.436. The molecule has 15 heavy (non-hydrogen) atoms. The van der Waals surface area contributed by atoms with Gasteiger partial charge in [0.2, 0.25) is 0 Å².